The van der Waals surface area contributed by atoms with Crippen LogP contribution in [0.25, 0.3) is 11.5 Å². The highest BCUT2D eigenvalue weighted by Crippen LogP contribution is 2.34. The first-order valence-electron chi connectivity index (χ1n) is 9.74. The van der Waals surface area contributed by atoms with Crippen molar-refractivity contribution in [1.82, 2.24) is 14.5 Å². The number of aromatic nitrogens is 2. The van der Waals surface area contributed by atoms with E-state index in [1.807, 2.05) is 0 Å². The number of nitrogens with zero attached hydrogens (tertiary/aromatic N) is 3. The van der Waals surface area contributed by atoms with Crippen LogP contribution in [0, 0.1) is 5.82 Å². The van der Waals surface area contributed by atoms with Crippen molar-refractivity contribution < 1.29 is 26.7 Å². The summed E-state index contributed by atoms with van der Waals surface area (Å²) in [5, 5.41) is 8.01. The number of hydrogen-bond donors (Lipinski definition) is 0. The molecule has 0 saturated carbocycles. The lowest BCUT2D eigenvalue weighted by Crippen LogP contribution is -2.39. The monoisotopic (exact) mass is 447 g/mol. The number of rotatable bonds is 6. The van der Waals surface area contributed by atoms with E-state index >= 15 is 0 Å². The van der Waals surface area contributed by atoms with Crippen LogP contribution in [0.2, 0.25) is 0 Å². The van der Waals surface area contributed by atoms with Crippen molar-refractivity contribution in [2.45, 2.75) is 23.7 Å². The molecule has 0 radical (unpaired) electrons. The maximum absolute atomic E-state index is 14.0. The number of hydrogen-bond acceptors (Lipinski definition) is 7. The molecule has 0 amide bonds. The minimum Gasteiger partial charge on any atom is -0.493 e. The van der Waals surface area contributed by atoms with Crippen molar-refractivity contribution in [3.63, 3.8) is 0 Å². The number of benzene rings is 2. The van der Waals surface area contributed by atoms with E-state index in [1.165, 1.54) is 36.7 Å². The molecule has 10 heteroatoms. The summed E-state index contributed by atoms with van der Waals surface area (Å²) in [5.41, 5.74) is 0.215. The molecule has 2 aromatic carbocycles. The van der Waals surface area contributed by atoms with Gasteiger partial charge >= 0.3 is 0 Å². The van der Waals surface area contributed by atoms with Crippen molar-refractivity contribution in [2.24, 2.45) is 0 Å². The van der Waals surface area contributed by atoms with Gasteiger partial charge in [-0.1, -0.05) is 12.1 Å². The molecule has 0 N–H and O–H groups in total. The number of piperidine rings is 1. The lowest BCUT2D eigenvalue weighted by molar-refractivity contribution is 0.286. The molecule has 0 bridgehead atoms. The van der Waals surface area contributed by atoms with Crippen molar-refractivity contribution in [2.75, 3.05) is 27.3 Å². The minimum atomic E-state index is -3.76. The molecule has 0 aliphatic carbocycles. The van der Waals surface area contributed by atoms with E-state index in [9.17, 15) is 12.8 Å². The molecule has 1 aliphatic rings. The smallest absolute Gasteiger partial charge is 0.250 e. The van der Waals surface area contributed by atoms with Gasteiger partial charge in [-0.25, -0.2) is 12.8 Å². The van der Waals surface area contributed by atoms with Crippen molar-refractivity contribution >= 4 is 10.0 Å². The third-order valence-corrected chi connectivity index (χ3v) is 7.13. The predicted molar refractivity (Wildman–Crippen MR) is 110 cm³/mol. The molecule has 3 aromatic rings. The van der Waals surface area contributed by atoms with E-state index in [1.54, 1.807) is 24.3 Å². The maximum atomic E-state index is 14.0. The first-order valence-corrected chi connectivity index (χ1v) is 11.2. The van der Waals surface area contributed by atoms with Crippen LogP contribution in [0.5, 0.6) is 11.5 Å². The SMILES string of the molecule is COc1ccc(S(=O)(=O)N2CCC[C@H](c3nnc(-c4ccccc4F)o3)C2)cc1OC. The zero-order valence-corrected chi connectivity index (χ0v) is 17.9. The highest BCUT2D eigenvalue weighted by atomic mass is 32.2. The van der Waals surface area contributed by atoms with Gasteiger partial charge in [0.1, 0.15) is 5.82 Å². The largest absolute Gasteiger partial charge is 0.493 e. The number of halogens is 1. The van der Waals surface area contributed by atoms with Crippen LogP contribution in [-0.4, -0.2) is 50.2 Å². The van der Waals surface area contributed by atoms with Crippen molar-refractivity contribution in [1.29, 1.82) is 0 Å². The Balaban J connectivity index is 1.57. The topological polar surface area (TPSA) is 94.8 Å². The Kier molecular flexibility index (Phi) is 5.92. The molecule has 2 heterocycles. The van der Waals surface area contributed by atoms with Gasteiger partial charge in [0.05, 0.1) is 30.6 Å². The maximum Gasteiger partial charge on any atom is 0.250 e. The molecule has 164 valence electrons. The quantitative estimate of drug-likeness (QED) is 0.571. The van der Waals surface area contributed by atoms with Crippen LogP contribution in [0.3, 0.4) is 0 Å². The van der Waals surface area contributed by atoms with Crippen LogP contribution in [0.4, 0.5) is 4.39 Å². The molecule has 1 saturated heterocycles. The van der Waals surface area contributed by atoms with E-state index in [0.29, 0.717) is 36.8 Å². The van der Waals surface area contributed by atoms with E-state index in [0.717, 1.165) is 0 Å². The fraction of sp³-hybridized carbons (Fsp3) is 0.333. The fourth-order valence-electron chi connectivity index (χ4n) is 3.63. The van der Waals surface area contributed by atoms with Crippen LogP contribution in [0.1, 0.15) is 24.7 Å². The van der Waals surface area contributed by atoms with Gasteiger partial charge in [-0.15, -0.1) is 10.2 Å². The van der Waals surface area contributed by atoms with E-state index < -0.39 is 15.8 Å². The first kappa shape index (κ1) is 21.3. The van der Waals surface area contributed by atoms with Gasteiger partial charge in [0.2, 0.25) is 15.9 Å². The van der Waals surface area contributed by atoms with Crippen LogP contribution < -0.4 is 9.47 Å². The lowest BCUT2D eigenvalue weighted by atomic mass is 10.00. The molecule has 1 aromatic heterocycles. The highest BCUT2D eigenvalue weighted by Gasteiger charge is 2.34. The Hall–Kier alpha value is -2.98. The number of methoxy groups -OCH3 is 2. The van der Waals surface area contributed by atoms with Gasteiger partial charge < -0.3 is 13.9 Å². The van der Waals surface area contributed by atoms with Crippen LogP contribution >= 0.6 is 0 Å². The summed E-state index contributed by atoms with van der Waals surface area (Å²) < 4.78 is 58.0. The van der Waals surface area contributed by atoms with Crippen molar-refractivity contribution in [3.05, 3.63) is 54.2 Å². The van der Waals surface area contributed by atoms with Gasteiger partial charge in [0.15, 0.2) is 11.5 Å². The van der Waals surface area contributed by atoms with E-state index in [2.05, 4.69) is 10.2 Å². The zero-order chi connectivity index (χ0) is 22.0. The summed E-state index contributed by atoms with van der Waals surface area (Å²) in [4.78, 5) is 0.114. The van der Waals surface area contributed by atoms with Gasteiger partial charge in [0, 0.05) is 19.2 Å². The van der Waals surface area contributed by atoms with Gasteiger partial charge in [-0.2, -0.15) is 4.31 Å². The molecule has 1 atom stereocenters. The molecule has 8 nitrogen and oxygen atoms in total. The van der Waals surface area contributed by atoms with Crippen LogP contribution in [-0.2, 0) is 10.0 Å². The third-order valence-electron chi connectivity index (χ3n) is 5.27. The molecule has 1 fully saturated rings. The second-order valence-electron chi connectivity index (χ2n) is 7.14. The standard InChI is InChI=1S/C21H22FN3O5S/c1-28-18-10-9-15(12-19(18)29-2)31(26,27)25-11-5-6-14(13-25)20-23-24-21(30-20)16-7-3-4-8-17(16)22/h3-4,7-10,12,14H,5-6,11,13H2,1-2H3/t14-/m0/s1. The molecule has 0 unspecified atom stereocenters. The summed E-state index contributed by atoms with van der Waals surface area (Å²) in [7, 11) is -0.825. The lowest BCUT2D eigenvalue weighted by Gasteiger charge is -2.30. The first-order chi connectivity index (χ1) is 14.9. The van der Waals surface area contributed by atoms with Gasteiger partial charge in [-0.05, 0) is 37.1 Å². The Morgan fingerprint density at radius 1 is 1.10 bits per heavy atom. The van der Waals surface area contributed by atoms with Crippen molar-refractivity contribution in [3.8, 4) is 23.0 Å². The average molecular weight is 447 g/mol. The summed E-state index contributed by atoms with van der Waals surface area (Å²) in [6, 6.07) is 10.6. The zero-order valence-electron chi connectivity index (χ0n) is 17.1. The molecule has 4 rings (SSSR count). The molecule has 0 spiro atoms. The Labute approximate surface area is 179 Å². The molecular weight excluding hydrogens is 425 g/mol. The predicted octanol–water partition coefficient (Wildman–Crippen LogP) is 3.46. The van der Waals surface area contributed by atoms with Gasteiger partial charge in [0.25, 0.3) is 5.89 Å². The minimum absolute atomic E-state index is 0.0768. The summed E-state index contributed by atoms with van der Waals surface area (Å²) in [5.74, 6) is 0.419. The number of sulfonamides is 1. The summed E-state index contributed by atoms with van der Waals surface area (Å²) >= 11 is 0. The van der Waals surface area contributed by atoms with Gasteiger partial charge in [-0.3, -0.25) is 0 Å². The Morgan fingerprint density at radius 3 is 2.61 bits per heavy atom. The number of ether oxygens (including phenoxy) is 2. The fourth-order valence-corrected chi connectivity index (χ4v) is 5.17. The van der Waals surface area contributed by atoms with E-state index in [4.69, 9.17) is 13.9 Å². The second kappa shape index (κ2) is 8.64. The second-order valence-corrected chi connectivity index (χ2v) is 9.08. The Bertz CT molecular complexity index is 1180. The molecule has 1 aliphatic heterocycles. The molecule has 31 heavy (non-hydrogen) atoms. The summed E-state index contributed by atoms with van der Waals surface area (Å²) in [6.07, 6.45) is 1.32. The average Bonchev–Trinajstić information content (AvgIpc) is 3.29. The summed E-state index contributed by atoms with van der Waals surface area (Å²) in [6.45, 7) is 0.567. The molecular formula is C21H22FN3O5S. The highest BCUT2D eigenvalue weighted by molar-refractivity contribution is 7.89. The Morgan fingerprint density at radius 2 is 1.87 bits per heavy atom. The third kappa shape index (κ3) is 4.13. The normalized spacial score (nSPS) is 17.5. The van der Waals surface area contributed by atoms with Crippen LogP contribution in [0.15, 0.2) is 51.8 Å². The van der Waals surface area contributed by atoms with E-state index in [-0.39, 0.29) is 28.8 Å².